The molecule has 0 radical (unpaired) electrons. The van der Waals surface area contributed by atoms with Crippen LogP contribution >= 0.6 is 0 Å². The van der Waals surface area contributed by atoms with Crippen LogP contribution in [0.15, 0.2) is 68.7 Å². The average Bonchev–Trinajstić information content (AvgIpc) is 3.37. The molecule has 1 fully saturated rings. The summed E-state index contributed by atoms with van der Waals surface area (Å²) < 4.78 is 11.9. The number of morpholine rings is 1. The normalized spacial score (nSPS) is 15.1. The van der Waals surface area contributed by atoms with Crippen molar-refractivity contribution >= 4 is 0 Å². The van der Waals surface area contributed by atoms with Gasteiger partial charge in [-0.05, 0) is 30.0 Å². The van der Waals surface area contributed by atoms with Crippen molar-refractivity contribution in [3.63, 3.8) is 0 Å². The largest absolute Gasteiger partial charge is 0.439 e. The van der Waals surface area contributed by atoms with Gasteiger partial charge in [0.25, 0.3) is 5.56 Å². The Bertz CT molecular complexity index is 1460. The molecule has 2 aromatic carbocycles. The summed E-state index contributed by atoms with van der Waals surface area (Å²) in [6.45, 7) is 7.77. The third kappa shape index (κ3) is 5.47. The molecule has 0 aliphatic carbocycles. The third-order valence-electron chi connectivity index (χ3n) is 6.83. The van der Waals surface area contributed by atoms with Gasteiger partial charge in [-0.15, -0.1) is 0 Å². The van der Waals surface area contributed by atoms with Crippen LogP contribution in [-0.4, -0.2) is 50.9 Å². The van der Waals surface area contributed by atoms with Crippen LogP contribution in [0.3, 0.4) is 0 Å². The summed E-state index contributed by atoms with van der Waals surface area (Å²) in [5.41, 5.74) is 4.47. The Morgan fingerprint density at radius 2 is 1.76 bits per heavy atom. The molecule has 9 nitrogen and oxygen atoms in total. The van der Waals surface area contributed by atoms with Gasteiger partial charge < -0.3 is 4.74 Å². The first kappa shape index (κ1) is 24.9. The first-order valence-electron chi connectivity index (χ1n) is 12.7. The van der Waals surface area contributed by atoms with Crippen LogP contribution in [0.25, 0.3) is 22.5 Å². The zero-order valence-electron chi connectivity index (χ0n) is 21.1. The van der Waals surface area contributed by atoms with E-state index in [1.807, 2.05) is 48.5 Å². The maximum atomic E-state index is 13.3. The SMILES string of the molecule is CCCc1nc(C(C)N2CCOCC2)cc(=O)n1Cc1ccc(-c2ccccc2-c2noc(=O)[nH]2)cc1. The molecular formula is C28H31N5O4. The van der Waals surface area contributed by atoms with Crippen LogP contribution in [0.1, 0.15) is 43.4 Å². The monoisotopic (exact) mass is 501 g/mol. The van der Waals surface area contributed by atoms with Crippen LogP contribution in [0, 0.1) is 0 Å². The molecule has 0 amide bonds. The number of H-pyrrole nitrogens is 1. The fraction of sp³-hybridized carbons (Fsp3) is 0.357. The number of aromatic nitrogens is 4. The second-order valence-corrected chi connectivity index (χ2v) is 9.28. The minimum atomic E-state index is -0.590. The van der Waals surface area contributed by atoms with Crippen LogP contribution in [0.5, 0.6) is 0 Å². The van der Waals surface area contributed by atoms with E-state index in [-0.39, 0.29) is 11.6 Å². The van der Waals surface area contributed by atoms with E-state index in [0.717, 1.165) is 59.7 Å². The highest BCUT2D eigenvalue weighted by molar-refractivity contribution is 5.80. The fourth-order valence-corrected chi connectivity index (χ4v) is 4.78. The molecule has 1 saturated heterocycles. The second kappa shape index (κ2) is 11.1. The Morgan fingerprint density at radius 3 is 2.43 bits per heavy atom. The lowest BCUT2D eigenvalue weighted by atomic mass is 9.98. The predicted octanol–water partition coefficient (Wildman–Crippen LogP) is 3.65. The molecule has 5 rings (SSSR count). The van der Waals surface area contributed by atoms with Gasteiger partial charge in [-0.3, -0.25) is 23.8 Å². The number of benzene rings is 2. The van der Waals surface area contributed by atoms with E-state index >= 15 is 0 Å². The molecule has 1 atom stereocenters. The van der Waals surface area contributed by atoms with Crippen molar-refractivity contribution in [2.45, 2.75) is 39.3 Å². The number of aryl methyl sites for hydroxylation is 1. The van der Waals surface area contributed by atoms with E-state index in [9.17, 15) is 9.59 Å². The highest BCUT2D eigenvalue weighted by Gasteiger charge is 2.21. The Kier molecular flexibility index (Phi) is 7.43. The molecule has 1 unspecified atom stereocenters. The predicted molar refractivity (Wildman–Crippen MR) is 140 cm³/mol. The molecule has 4 aromatic rings. The van der Waals surface area contributed by atoms with Gasteiger partial charge in [0.05, 0.1) is 25.5 Å². The van der Waals surface area contributed by atoms with Gasteiger partial charge in [-0.1, -0.05) is 60.6 Å². The summed E-state index contributed by atoms with van der Waals surface area (Å²) in [7, 11) is 0. The smallest absolute Gasteiger partial charge is 0.379 e. The van der Waals surface area contributed by atoms with Gasteiger partial charge in [-0.2, -0.15) is 0 Å². The van der Waals surface area contributed by atoms with Crippen LogP contribution in [0.2, 0.25) is 0 Å². The van der Waals surface area contributed by atoms with Crippen molar-refractivity contribution < 1.29 is 9.26 Å². The number of hydrogen-bond donors (Lipinski definition) is 1. The molecule has 1 aliphatic heterocycles. The Labute approximate surface area is 214 Å². The summed E-state index contributed by atoms with van der Waals surface area (Å²) in [6, 6.07) is 17.5. The first-order chi connectivity index (χ1) is 18.0. The van der Waals surface area contributed by atoms with E-state index in [0.29, 0.717) is 25.6 Å². The molecule has 9 heteroatoms. The van der Waals surface area contributed by atoms with Gasteiger partial charge in [0.15, 0.2) is 5.82 Å². The van der Waals surface area contributed by atoms with Crippen LogP contribution < -0.4 is 11.3 Å². The molecule has 0 saturated carbocycles. The van der Waals surface area contributed by atoms with E-state index in [2.05, 4.69) is 33.4 Å². The zero-order chi connectivity index (χ0) is 25.8. The fourth-order valence-electron chi connectivity index (χ4n) is 4.78. The maximum absolute atomic E-state index is 13.3. The molecule has 2 aromatic heterocycles. The Balaban J connectivity index is 1.41. The summed E-state index contributed by atoms with van der Waals surface area (Å²) in [5.74, 6) is 0.611. The quantitative estimate of drug-likeness (QED) is 0.393. The van der Waals surface area contributed by atoms with Gasteiger partial charge >= 0.3 is 5.76 Å². The lowest BCUT2D eigenvalue weighted by molar-refractivity contribution is 0.0189. The van der Waals surface area contributed by atoms with Crippen molar-refractivity contribution in [3.05, 3.63) is 92.6 Å². The summed E-state index contributed by atoms with van der Waals surface area (Å²) in [4.78, 5) is 34.6. The van der Waals surface area contributed by atoms with Crippen molar-refractivity contribution in [1.82, 2.24) is 24.6 Å². The van der Waals surface area contributed by atoms with Gasteiger partial charge in [-0.25, -0.2) is 9.78 Å². The van der Waals surface area contributed by atoms with Crippen molar-refractivity contribution in [3.8, 4) is 22.5 Å². The third-order valence-corrected chi connectivity index (χ3v) is 6.83. The molecule has 0 bridgehead atoms. The topological polar surface area (TPSA) is 106 Å². The van der Waals surface area contributed by atoms with Crippen LogP contribution in [-0.2, 0) is 17.7 Å². The highest BCUT2D eigenvalue weighted by atomic mass is 16.5. The Hall–Kier alpha value is -3.82. The van der Waals surface area contributed by atoms with E-state index in [1.165, 1.54) is 0 Å². The molecule has 192 valence electrons. The minimum absolute atomic E-state index is 0.0297. The number of nitrogens with one attached hydrogen (secondary N) is 1. The zero-order valence-corrected chi connectivity index (χ0v) is 21.1. The Morgan fingerprint density at radius 1 is 1.03 bits per heavy atom. The van der Waals surface area contributed by atoms with E-state index in [4.69, 9.17) is 9.72 Å². The minimum Gasteiger partial charge on any atom is -0.379 e. The molecule has 1 aliphatic rings. The van der Waals surface area contributed by atoms with Crippen LogP contribution in [0.4, 0.5) is 0 Å². The molecule has 3 heterocycles. The maximum Gasteiger partial charge on any atom is 0.439 e. The van der Waals surface area contributed by atoms with Crippen molar-refractivity contribution in [2.24, 2.45) is 0 Å². The second-order valence-electron chi connectivity index (χ2n) is 9.28. The van der Waals surface area contributed by atoms with Gasteiger partial charge in [0, 0.05) is 37.2 Å². The summed E-state index contributed by atoms with van der Waals surface area (Å²) in [6.07, 6.45) is 1.64. The number of aromatic amines is 1. The molecule has 0 spiro atoms. The average molecular weight is 502 g/mol. The number of ether oxygens (including phenoxy) is 1. The standard InChI is InChI=1S/C28H31N5O4/c1-3-6-25-29-24(19(2)32-13-15-36-16-14-32)17-26(34)33(25)18-20-9-11-21(12-10-20)22-7-4-5-8-23(22)27-30-28(35)37-31-27/h4-5,7-12,17,19H,3,6,13-16,18H2,1-2H3,(H,30,31,35). The van der Waals surface area contributed by atoms with Crippen molar-refractivity contribution in [1.29, 1.82) is 0 Å². The lowest BCUT2D eigenvalue weighted by Crippen LogP contribution is -2.39. The van der Waals surface area contributed by atoms with Crippen molar-refractivity contribution in [2.75, 3.05) is 26.3 Å². The summed E-state index contributed by atoms with van der Waals surface area (Å²) in [5, 5.41) is 3.83. The number of hydrogen-bond acceptors (Lipinski definition) is 7. The number of nitrogens with zero attached hydrogens (tertiary/aromatic N) is 4. The lowest BCUT2D eigenvalue weighted by Gasteiger charge is -2.32. The molecule has 1 N–H and O–H groups in total. The van der Waals surface area contributed by atoms with E-state index < -0.39 is 5.76 Å². The molecular weight excluding hydrogens is 470 g/mol. The van der Waals surface area contributed by atoms with Gasteiger partial charge in [0.1, 0.15) is 5.82 Å². The van der Waals surface area contributed by atoms with E-state index in [1.54, 1.807) is 10.6 Å². The summed E-state index contributed by atoms with van der Waals surface area (Å²) >= 11 is 0. The van der Waals surface area contributed by atoms with Gasteiger partial charge in [0.2, 0.25) is 0 Å². The first-order valence-corrected chi connectivity index (χ1v) is 12.7. The number of rotatable bonds is 8. The highest BCUT2D eigenvalue weighted by Crippen LogP contribution is 2.30. The molecule has 37 heavy (non-hydrogen) atoms.